The minimum atomic E-state index is 1.06. The second-order valence-corrected chi connectivity index (χ2v) is 9.02. The zero-order valence-electron chi connectivity index (χ0n) is 15.4. The third-order valence-electron chi connectivity index (χ3n) is 5.08. The van der Waals surface area contributed by atoms with Gasteiger partial charge >= 0.3 is 0 Å². The van der Waals surface area contributed by atoms with Crippen LogP contribution in [0.5, 0.6) is 0 Å². The normalized spacial score (nSPS) is 12.6. The molecule has 0 fully saturated rings. The molecular formula is C25H16N2S2. The van der Waals surface area contributed by atoms with Crippen LogP contribution in [0.3, 0.4) is 0 Å². The Kier molecular flexibility index (Phi) is 3.93. The molecule has 0 saturated carbocycles. The molecule has 4 aromatic carbocycles. The fraction of sp³-hybridized carbons (Fsp3) is 0. The van der Waals surface area contributed by atoms with E-state index in [2.05, 4.69) is 95.9 Å². The number of benzene rings is 4. The Balaban J connectivity index is 1.51. The Morgan fingerprint density at radius 2 is 1.41 bits per heavy atom. The molecule has 2 heterocycles. The van der Waals surface area contributed by atoms with E-state index in [1.807, 2.05) is 17.8 Å². The second kappa shape index (κ2) is 6.76. The molecule has 0 radical (unpaired) electrons. The Labute approximate surface area is 177 Å². The lowest BCUT2D eigenvalue weighted by atomic mass is 10.1. The summed E-state index contributed by atoms with van der Waals surface area (Å²) in [6, 6.07) is 34.2. The van der Waals surface area contributed by atoms with Gasteiger partial charge in [0.2, 0.25) is 0 Å². The summed E-state index contributed by atoms with van der Waals surface area (Å²) in [6.07, 6.45) is 0. The first-order valence-electron chi connectivity index (χ1n) is 9.49. The minimum absolute atomic E-state index is 1.06. The minimum Gasteiger partial charge on any atom is -0.308 e. The van der Waals surface area contributed by atoms with Gasteiger partial charge in [0.05, 0.1) is 21.6 Å². The lowest BCUT2D eigenvalue weighted by Crippen LogP contribution is -2.14. The predicted molar refractivity (Wildman–Crippen MR) is 124 cm³/mol. The summed E-state index contributed by atoms with van der Waals surface area (Å²) in [7, 11) is 0. The van der Waals surface area contributed by atoms with Gasteiger partial charge in [-0.1, -0.05) is 54.2 Å². The first-order chi connectivity index (χ1) is 14.4. The van der Waals surface area contributed by atoms with Crippen molar-refractivity contribution in [1.82, 2.24) is 4.98 Å². The number of nitrogens with zero attached hydrogens (tertiary/aromatic N) is 2. The van der Waals surface area contributed by atoms with Gasteiger partial charge in [-0.05, 0) is 54.6 Å². The van der Waals surface area contributed by atoms with E-state index in [1.165, 1.54) is 37.1 Å². The highest BCUT2D eigenvalue weighted by molar-refractivity contribution is 7.99. The molecular weight excluding hydrogens is 392 g/mol. The molecule has 5 aromatic rings. The van der Waals surface area contributed by atoms with Crippen LogP contribution in [0.2, 0.25) is 0 Å². The van der Waals surface area contributed by atoms with Gasteiger partial charge in [-0.2, -0.15) is 0 Å². The lowest BCUT2D eigenvalue weighted by molar-refractivity contribution is 1.17. The Bertz CT molecular complexity index is 1310. The van der Waals surface area contributed by atoms with Gasteiger partial charge < -0.3 is 4.90 Å². The Hall–Kier alpha value is -3.08. The van der Waals surface area contributed by atoms with Gasteiger partial charge in [-0.15, -0.1) is 11.3 Å². The first kappa shape index (κ1) is 16.8. The Morgan fingerprint density at radius 1 is 0.655 bits per heavy atom. The average Bonchev–Trinajstić information content (AvgIpc) is 3.22. The van der Waals surface area contributed by atoms with Gasteiger partial charge in [-0.3, -0.25) is 0 Å². The fourth-order valence-corrected chi connectivity index (χ4v) is 5.80. The van der Waals surface area contributed by atoms with Crippen LogP contribution < -0.4 is 4.90 Å². The van der Waals surface area contributed by atoms with Crippen LogP contribution in [-0.4, -0.2) is 4.98 Å². The number of hydrogen-bond donors (Lipinski definition) is 0. The second-order valence-electron chi connectivity index (χ2n) is 6.91. The van der Waals surface area contributed by atoms with Crippen molar-refractivity contribution in [2.75, 3.05) is 4.90 Å². The van der Waals surface area contributed by atoms with Crippen molar-refractivity contribution in [3.05, 3.63) is 97.1 Å². The van der Waals surface area contributed by atoms with Gasteiger partial charge in [0.1, 0.15) is 5.01 Å². The maximum Gasteiger partial charge on any atom is 0.124 e. The number of fused-ring (bicyclic) bond motifs is 3. The summed E-state index contributed by atoms with van der Waals surface area (Å²) in [6.45, 7) is 0. The number of aromatic nitrogens is 1. The summed E-state index contributed by atoms with van der Waals surface area (Å²) in [5, 5.41) is 1.07. The summed E-state index contributed by atoms with van der Waals surface area (Å²) < 4.78 is 1.23. The van der Waals surface area contributed by atoms with Crippen LogP contribution in [0.25, 0.3) is 20.8 Å². The number of rotatable bonds is 2. The quantitative estimate of drug-likeness (QED) is 0.290. The highest BCUT2D eigenvalue weighted by Gasteiger charge is 2.25. The number of anilines is 3. The number of para-hydroxylation sites is 3. The van der Waals surface area contributed by atoms with E-state index in [-0.39, 0.29) is 0 Å². The molecule has 0 aliphatic carbocycles. The van der Waals surface area contributed by atoms with Crippen LogP contribution in [-0.2, 0) is 0 Å². The standard InChI is InChI=1S/C25H16N2S2/c1-2-8-18(9-3-1)27-20-11-5-7-13-23(20)28-24-16-17(14-15-21(24)27)25-26-19-10-4-6-12-22(19)29-25/h1-16H. The van der Waals surface area contributed by atoms with Crippen LogP contribution >= 0.6 is 23.1 Å². The van der Waals surface area contributed by atoms with Crippen molar-refractivity contribution in [3.63, 3.8) is 0 Å². The number of hydrogen-bond acceptors (Lipinski definition) is 4. The van der Waals surface area contributed by atoms with E-state index in [4.69, 9.17) is 4.98 Å². The zero-order chi connectivity index (χ0) is 19.2. The molecule has 2 nitrogen and oxygen atoms in total. The highest BCUT2D eigenvalue weighted by atomic mass is 32.2. The lowest BCUT2D eigenvalue weighted by Gasteiger charge is -2.33. The Morgan fingerprint density at radius 3 is 2.31 bits per heavy atom. The van der Waals surface area contributed by atoms with Crippen molar-refractivity contribution >= 4 is 50.4 Å². The predicted octanol–water partition coefficient (Wildman–Crippen LogP) is 7.90. The molecule has 1 aromatic heterocycles. The van der Waals surface area contributed by atoms with E-state index in [0.29, 0.717) is 0 Å². The maximum atomic E-state index is 4.85. The van der Waals surface area contributed by atoms with Crippen LogP contribution in [0.1, 0.15) is 0 Å². The summed E-state index contributed by atoms with van der Waals surface area (Å²) in [5.41, 5.74) is 5.85. The zero-order valence-corrected chi connectivity index (χ0v) is 17.1. The topological polar surface area (TPSA) is 16.1 Å². The molecule has 6 rings (SSSR count). The molecule has 0 unspecified atom stereocenters. The van der Waals surface area contributed by atoms with Crippen molar-refractivity contribution in [2.45, 2.75) is 9.79 Å². The molecule has 0 amide bonds. The fourth-order valence-electron chi connectivity index (χ4n) is 3.74. The summed E-state index contributed by atoms with van der Waals surface area (Å²) in [5.74, 6) is 0. The van der Waals surface area contributed by atoms with E-state index in [0.717, 1.165) is 10.5 Å². The summed E-state index contributed by atoms with van der Waals surface area (Å²) in [4.78, 5) is 9.72. The third-order valence-corrected chi connectivity index (χ3v) is 7.28. The average molecular weight is 409 g/mol. The molecule has 0 bridgehead atoms. The molecule has 29 heavy (non-hydrogen) atoms. The van der Waals surface area contributed by atoms with E-state index < -0.39 is 0 Å². The van der Waals surface area contributed by atoms with Gasteiger partial charge in [0, 0.05) is 21.0 Å². The molecule has 138 valence electrons. The monoisotopic (exact) mass is 408 g/mol. The number of thiazole rings is 1. The summed E-state index contributed by atoms with van der Waals surface area (Å²) >= 11 is 3.58. The van der Waals surface area contributed by atoms with Crippen molar-refractivity contribution in [1.29, 1.82) is 0 Å². The maximum absolute atomic E-state index is 4.85. The molecule has 4 heteroatoms. The van der Waals surface area contributed by atoms with Crippen LogP contribution in [0.4, 0.5) is 17.1 Å². The molecule has 0 saturated heterocycles. The molecule has 0 N–H and O–H groups in total. The van der Waals surface area contributed by atoms with Gasteiger partial charge in [0.25, 0.3) is 0 Å². The molecule has 1 aliphatic rings. The van der Waals surface area contributed by atoms with Crippen LogP contribution in [0, 0.1) is 0 Å². The van der Waals surface area contributed by atoms with Crippen molar-refractivity contribution in [2.24, 2.45) is 0 Å². The largest absolute Gasteiger partial charge is 0.308 e. The van der Waals surface area contributed by atoms with Gasteiger partial charge in [-0.25, -0.2) is 4.98 Å². The third kappa shape index (κ3) is 2.84. The highest BCUT2D eigenvalue weighted by Crippen LogP contribution is 2.52. The van der Waals surface area contributed by atoms with Crippen molar-refractivity contribution < 1.29 is 0 Å². The van der Waals surface area contributed by atoms with E-state index in [9.17, 15) is 0 Å². The van der Waals surface area contributed by atoms with E-state index in [1.54, 1.807) is 11.3 Å². The molecule has 0 atom stereocenters. The molecule has 0 spiro atoms. The first-order valence-corrected chi connectivity index (χ1v) is 11.1. The van der Waals surface area contributed by atoms with Crippen molar-refractivity contribution in [3.8, 4) is 10.6 Å². The molecule has 1 aliphatic heterocycles. The SMILES string of the molecule is c1ccc(N2c3ccccc3Sc3cc(-c4nc5ccccc5s4)ccc32)cc1. The van der Waals surface area contributed by atoms with Gasteiger partial charge in [0.15, 0.2) is 0 Å². The van der Waals surface area contributed by atoms with Crippen LogP contribution in [0.15, 0.2) is 107 Å². The van der Waals surface area contributed by atoms with E-state index >= 15 is 0 Å². The smallest absolute Gasteiger partial charge is 0.124 e.